The largest absolute Gasteiger partial charge is 0.481 e. The van der Waals surface area contributed by atoms with E-state index in [1.165, 1.54) is 194 Å². The summed E-state index contributed by atoms with van der Waals surface area (Å²) in [6.45, 7) is 11.5. The second-order valence-electron chi connectivity index (χ2n) is 43.1. The van der Waals surface area contributed by atoms with E-state index in [1.807, 2.05) is 27.7 Å². The summed E-state index contributed by atoms with van der Waals surface area (Å²) in [7, 11) is 3.98. The van der Waals surface area contributed by atoms with E-state index in [0.29, 0.717) is 29.8 Å². The number of aromatic nitrogens is 8. The molecule has 5 saturated carbocycles. The van der Waals surface area contributed by atoms with Crippen LogP contribution in [-0.2, 0) is 89.5 Å². The van der Waals surface area contributed by atoms with E-state index < -0.39 is 35.9 Å². The molecule has 7 N–H and O–H groups in total. The molecule has 0 spiro atoms. The highest BCUT2D eigenvalue weighted by molar-refractivity contribution is 14.0. The summed E-state index contributed by atoms with van der Waals surface area (Å²) in [5, 5.41) is 15.4. The van der Waals surface area contributed by atoms with Crippen LogP contribution in [0.3, 0.4) is 0 Å². The fraction of sp³-hybridized carbons (Fsp3) is 0.500. The Labute approximate surface area is 833 Å². The van der Waals surface area contributed by atoms with Gasteiger partial charge >= 0.3 is 24.0 Å². The Kier molecular flexibility index (Phi) is 29.3. The second-order valence-corrected chi connectivity index (χ2v) is 43.1. The van der Waals surface area contributed by atoms with Crippen molar-refractivity contribution in [2.24, 2.45) is 59.2 Å². The number of hydrogen-bond acceptors (Lipinski definition) is 14. The number of H-pyrrole nitrogens is 4. The minimum atomic E-state index is -0.949. The van der Waals surface area contributed by atoms with E-state index in [0.717, 1.165) is 188 Å². The fourth-order valence-electron chi connectivity index (χ4n) is 26.0. The van der Waals surface area contributed by atoms with Gasteiger partial charge in [-0.15, -0.1) is 24.0 Å². The number of aryl methyl sites for hydroxylation is 8. The molecule has 3 amide bonds. The van der Waals surface area contributed by atoms with E-state index >= 15 is 0 Å². The maximum Gasteiger partial charge on any atom is 0.407 e. The smallest absolute Gasteiger partial charge is 0.407 e. The second kappa shape index (κ2) is 42.0. The van der Waals surface area contributed by atoms with Crippen molar-refractivity contribution in [3.8, 4) is 44.5 Å². The highest BCUT2D eigenvalue weighted by Gasteiger charge is 2.51. The molecular formula is C116H139IN12O10. The number of carboxylic acids is 1. The molecule has 12 aromatic rings. The lowest BCUT2D eigenvalue weighted by atomic mass is 9.82. The quantitative estimate of drug-likeness (QED) is 0.0225. The van der Waals surface area contributed by atoms with E-state index in [1.54, 1.807) is 13.8 Å². The summed E-state index contributed by atoms with van der Waals surface area (Å²) in [5.41, 5.74) is 29.2. The Morgan fingerprint density at radius 2 is 0.741 bits per heavy atom. The molecule has 8 aromatic carbocycles. The number of aliphatic carboxylic acids is 1. The number of ether oxygens (including phenoxy) is 3. The number of aromatic amines is 4. The SMILES string of the molecule is COC(=O)CC(C(=O)N1C(c2nc3ccc(-c4cc5ccc4CCc4ccc(c(-c6ccc7nc(C8CC9CCCCC9N8C(=O)C(NC(=O)OC)C(C)C)[nH]c7c6)c4)CC5)cc3[nH]2)CC2CCCCC21)C(C)C.COC(=O)CC(C(=O)O)C(C)C.I.c1cc2c(-c3ccc4nc(C5CC6CCCCC6C5)[nH]c4c3)cc1CCc1ccc(cc1-c1ccc3nc(C4CC5CCCCC5N4)[nH]c3c1)CC2. The predicted molar refractivity (Wildman–Crippen MR) is 556 cm³/mol. The Bertz CT molecular complexity index is 6150. The molecular weight excluding hydrogens is 1850 g/mol. The van der Waals surface area contributed by atoms with Crippen LogP contribution < -0.4 is 10.6 Å². The number of carbonyl (C=O) groups excluding carboxylic acids is 5. The summed E-state index contributed by atoms with van der Waals surface area (Å²) >= 11 is 0. The molecule has 4 aromatic heterocycles. The normalized spacial score (nSPS) is 23.7. The number of alkyl carbamates (subject to hydrolysis) is 1. The van der Waals surface area contributed by atoms with Gasteiger partial charge in [-0.05, 0) is 307 Å². The molecule has 8 bridgehead atoms. The van der Waals surface area contributed by atoms with Crippen molar-refractivity contribution < 1.29 is 48.1 Å². The Morgan fingerprint density at radius 1 is 0.381 bits per heavy atom. The molecule has 14 unspecified atom stereocenters. The molecule has 14 atom stereocenters. The number of esters is 2. The van der Waals surface area contributed by atoms with Crippen molar-refractivity contribution in [2.45, 2.75) is 289 Å². The lowest BCUT2D eigenvalue weighted by molar-refractivity contribution is -0.151. The summed E-state index contributed by atoms with van der Waals surface area (Å²) in [6, 6.07) is 55.7. The third-order valence-corrected chi connectivity index (χ3v) is 33.7. The van der Waals surface area contributed by atoms with Crippen LogP contribution in [0.4, 0.5) is 4.79 Å². The number of benzene rings is 8. The van der Waals surface area contributed by atoms with E-state index in [9.17, 15) is 28.8 Å². The zero-order valence-electron chi connectivity index (χ0n) is 82.4. The maximum atomic E-state index is 14.6. The van der Waals surface area contributed by atoms with Crippen molar-refractivity contribution in [1.29, 1.82) is 0 Å². The molecule has 139 heavy (non-hydrogen) atoms. The minimum absolute atomic E-state index is 0. The molecule has 3 saturated heterocycles. The molecule has 0 radical (unpaired) electrons. The van der Waals surface area contributed by atoms with Crippen LogP contribution in [0.1, 0.15) is 281 Å². The van der Waals surface area contributed by atoms with Crippen LogP contribution in [0.25, 0.3) is 88.6 Å². The third-order valence-electron chi connectivity index (χ3n) is 33.7. The Balaban J connectivity index is 0.000000164. The Morgan fingerprint density at radius 3 is 1.13 bits per heavy atom. The van der Waals surface area contributed by atoms with Crippen LogP contribution in [0, 0.1) is 59.2 Å². The van der Waals surface area contributed by atoms with E-state index in [-0.39, 0.29) is 96.5 Å². The number of halogens is 1. The monoisotopic (exact) mass is 1990 g/mol. The first kappa shape index (κ1) is 96.8. The van der Waals surface area contributed by atoms with Gasteiger partial charge in [0.25, 0.3) is 0 Å². The molecule has 7 heterocycles. The number of rotatable bonds is 19. The number of carbonyl (C=O) groups is 6. The first-order chi connectivity index (χ1) is 67.0. The number of nitrogens with one attached hydrogen (secondary N) is 6. The van der Waals surface area contributed by atoms with Crippen molar-refractivity contribution in [3.05, 3.63) is 213 Å². The standard InChI is InChI=1S/C61H73N7O6.C47H51N5.C8H14O4.HI/c1-34(2)44(33-55(69)73-5)59(70)67-51-13-9-7-11-42(51)31-53(67)57-62-47-25-23-40(29-49(47)64-57)45-27-36-15-19-38(45)20-16-37-18-22-39(21-17-36)46(28-37)41-24-26-48-50(30-41)65-58(63-48)54-32-43-12-8-10-14-52(43)68(54)60(71)56(35(3)4)66-61(72)74-6;1-2-6-33-24-37(23-32(33)5-1)46-49-41-19-17-34(25-43(41)51-46)38-21-28-9-13-30(38)14-10-29-12-16-31(15-11-28)39(22-29)35-18-20-42-44(26-35)52-47(50-42)45-27-36-7-3-4-8-40(36)48-45;1-5(2)6(8(10)11)4-7(9)12-3;/h15,18-19,22-30,34-35,42-44,51-54,56H,7-14,16-17,20-21,31-33H2,1-6H3,(H,62,64)(H,63,65)(H,66,72);9,12-13,16-22,25-26,32-33,36-37,40,45,48H,1-8,10-11,14-15,23-24,27H2,(H,49,51)(H,50,52);5-6H,4H2,1-3H3,(H,10,11);1H. The van der Waals surface area contributed by atoms with Crippen LogP contribution in [0.15, 0.2) is 146 Å². The molecule has 23 heteroatoms. The summed E-state index contributed by atoms with van der Waals surface area (Å²) in [5.74, 6) is 5.01. The van der Waals surface area contributed by atoms with Crippen LogP contribution in [0.2, 0.25) is 0 Å². The number of imidazole rings is 4. The Hall–Kier alpha value is -11.1. The van der Waals surface area contributed by atoms with Gasteiger partial charge in [0.15, 0.2) is 0 Å². The molecule has 16 aliphatic rings. The van der Waals surface area contributed by atoms with Gasteiger partial charge in [0.2, 0.25) is 11.8 Å². The lowest BCUT2D eigenvalue weighted by Gasteiger charge is -2.36. The summed E-state index contributed by atoms with van der Waals surface area (Å²) in [6.07, 6.45) is 32.4. The van der Waals surface area contributed by atoms with Gasteiger partial charge in [-0.2, -0.15) is 0 Å². The first-order valence-corrected chi connectivity index (χ1v) is 52.1. The fourth-order valence-corrected chi connectivity index (χ4v) is 26.0. The number of likely N-dealkylation sites (tertiary alicyclic amines) is 2. The van der Waals surface area contributed by atoms with Crippen LogP contribution >= 0.6 is 24.0 Å². The zero-order valence-corrected chi connectivity index (χ0v) is 84.7. The number of fused-ring (bicyclic) bond motifs is 8. The van der Waals surface area contributed by atoms with Gasteiger partial charge in [0.05, 0.1) is 108 Å². The molecule has 730 valence electrons. The van der Waals surface area contributed by atoms with Crippen LogP contribution in [-0.4, -0.2) is 136 Å². The first-order valence-electron chi connectivity index (χ1n) is 52.1. The van der Waals surface area contributed by atoms with Crippen molar-refractivity contribution in [2.75, 3.05) is 21.3 Å². The molecule has 13 aliphatic carbocycles. The van der Waals surface area contributed by atoms with Crippen molar-refractivity contribution in [1.82, 2.24) is 60.3 Å². The van der Waals surface area contributed by atoms with Gasteiger partial charge in [0.1, 0.15) is 29.3 Å². The minimum Gasteiger partial charge on any atom is -0.481 e. The predicted octanol–water partition coefficient (Wildman–Crippen LogP) is 24.0. The molecule has 3 aliphatic heterocycles. The van der Waals surface area contributed by atoms with Gasteiger partial charge in [0, 0.05) is 24.0 Å². The highest BCUT2D eigenvalue weighted by Crippen LogP contribution is 2.53. The molecule has 22 nitrogen and oxygen atoms in total. The van der Waals surface area contributed by atoms with Crippen molar-refractivity contribution >= 4 is 104 Å². The van der Waals surface area contributed by atoms with Crippen molar-refractivity contribution in [3.63, 3.8) is 0 Å². The highest BCUT2D eigenvalue weighted by atomic mass is 127. The maximum absolute atomic E-state index is 14.6. The zero-order chi connectivity index (χ0) is 95.3. The summed E-state index contributed by atoms with van der Waals surface area (Å²) < 4.78 is 14.4. The van der Waals surface area contributed by atoms with Gasteiger partial charge in [-0.25, -0.2) is 24.7 Å². The number of nitrogens with zero attached hydrogens (tertiary/aromatic N) is 6. The number of methoxy groups -OCH3 is 3. The summed E-state index contributed by atoms with van der Waals surface area (Å²) in [4.78, 5) is 115. The number of amides is 3. The molecule has 8 fully saturated rings. The average molecular weight is 1990 g/mol. The van der Waals surface area contributed by atoms with E-state index in [2.05, 4.69) is 191 Å². The van der Waals surface area contributed by atoms with Gasteiger partial charge in [-0.3, -0.25) is 24.0 Å². The van der Waals surface area contributed by atoms with E-state index in [4.69, 9.17) is 34.5 Å². The van der Waals surface area contributed by atoms with Crippen LogP contribution in [0.5, 0.6) is 0 Å². The lowest BCUT2D eigenvalue weighted by Crippen LogP contribution is -2.53. The third kappa shape index (κ3) is 20.5. The average Bonchev–Trinajstić information content (AvgIpc) is 1.61. The van der Waals surface area contributed by atoms with Gasteiger partial charge < -0.3 is 59.7 Å². The van der Waals surface area contributed by atoms with Gasteiger partial charge in [-0.1, -0.05) is 203 Å². The number of hydrogen-bond donors (Lipinski definition) is 7. The molecule has 28 rings (SSSR count). The number of carboxylic acid groups (broad SMARTS) is 1. The topological polar surface area (TPSA) is 296 Å².